The van der Waals surface area contributed by atoms with Crippen molar-refractivity contribution in [2.24, 2.45) is 65.1 Å². The molecule has 3 N–H and O–H groups in total. The summed E-state index contributed by atoms with van der Waals surface area (Å²) in [5.41, 5.74) is -2.42. The van der Waals surface area contributed by atoms with Crippen molar-refractivity contribution in [1.29, 1.82) is 0 Å². The van der Waals surface area contributed by atoms with E-state index in [2.05, 4.69) is 34.6 Å². The predicted molar refractivity (Wildman–Crippen MR) is 264 cm³/mol. The van der Waals surface area contributed by atoms with Gasteiger partial charge in [-0.1, -0.05) is 69.2 Å². The molecule has 410 valence electrons. The molecular weight excluding hydrogens is 925 g/mol. The third kappa shape index (κ3) is 9.24. The highest BCUT2D eigenvalue weighted by Crippen LogP contribution is 2.61. The first kappa shape index (κ1) is 55.2. The fourth-order valence-corrected chi connectivity index (χ4v) is 15.7. The van der Waals surface area contributed by atoms with E-state index < -0.39 is 101 Å². The number of esters is 1. The minimum Gasteiger partial charge on any atom is -0.435 e. The summed E-state index contributed by atoms with van der Waals surface area (Å²) < 4.78 is 53.8. The van der Waals surface area contributed by atoms with E-state index in [1.807, 2.05) is 61.5 Å². The van der Waals surface area contributed by atoms with Crippen LogP contribution in [0.15, 0.2) is 12.2 Å². The first-order valence-corrected chi connectivity index (χ1v) is 28.5. The highest BCUT2D eigenvalue weighted by Gasteiger charge is 2.70. The Bertz CT molecular complexity index is 1990. The van der Waals surface area contributed by atoms with Crippen molar-refractivity contribution in [3.05, 3.63) is 12.2 Å². The molecule has 15 nitrogen and oxygen atoms in total. The quantitative estimate of drug-likeness (QED) is 0.0902. The number of ether oxygens (including phenoxy) is 8. The van der Waals surface area contributed by atoms with E-state index in [4.69, 9.17) is 47.7 Å². The first-order chi connectivity index (χ1) is 33.9. The zero-order valence-electron chi connectivity index (χ0n) is 45.8. The zero-order valence-corrected chi connectivity index (χ0v) is 45.8. The Hall–Kier alpha value is -1.60. The number of fused-ring (bicyclic) bond motifs is 2. The number of hydrogen-bond donors (Lipinski definition) is 3. The van der Waals surface area contributed by atoms with Crippen LogP contribution in [-0.4, -0.2) is 117 Å². The molecule has 9 aliphatic heterocycles. The molecule has 0 aromatic heterocycles. The summed E-state index contributed by atoms with van der Waals surface area (Å²) in [6.45, 7) is 26.2. The van der Waals surface area contributed by atoms with Gasteiger partial charge < -0.3 is 53.2 Å². The molecule has 26 atom stereocenters. The van der Waals surface area contributed by atoms with Gasteiger partial charge >= 0.3 is 5.97 Å². The second-order valence-corrected chi connectivity index (χ2v) is 25.3. The molecule has 10 rings (SSSR count). The van der Waals surface area contributed by atoms with E-state index in [9.17, 15) is 24.9 Å². The van der Waals surface area contributed by atoms with Gasteiger partial charge in [0.25, 0.3) is 0 Å². The Labute approximate surface area is 429 Å². The molecule has 2 unspecified atom stereocenters. The number of rotatable bonds is 13. The van der Waals surface area contributed by atoms with Crippen LogP contribution in [0.5, 0.6) is 0 Å². The molecule has 9 heterocycles. The maximum absolute atomic E-state index is 14.9. The SMILES string of the molecule is CC[C@@H](C(=O)[C@@H](C)[C@@H](O)[C@H](C)[C@@H]1O[C@@H]([C@@H](CC)C(=O)OC2O[C@@H]3OC4(C)CC[C@H]5[C@H](C)CC[C@@H]([C@H]2C)[C@@]35OO4)CC[C@@H]1C)[C@H]1O[C@]2(C=C[C@@H](O)[C@]3(CC[C@@](C)([C@H]4CC[C@](O)(CC)[C@H](C)O4)O3)O2)[C@H](C)C[C@@H]1C. The van der Waals surface area contributed by atoms with E-state index in [-0.39, 0.29) is 59.5 Å². The third-order valence-electron chi connectivity index (χ3n) is 20.8. The van der Waals surface area contributed by atoms with Gasteiger partial charge in [0, 0.05) is 48.3 Å². The maximum atomic E-state index is 14.9. The van der Waals surface area contributed by atoms with Crippen molar-refractivity contribution in [3.8, 4) is 0 Å². The number of Topliss-reactive ketones (excluding diaryl/α,β-unsaturated/α-hetero) is 1. The highest BCUT2D eigenvalue weighted by atomic mass is 17.3. The molecule has 8 saturated heterocycles. The van der Waals surface area contributed by atoms with E-state index >= 15 is 0 Å². The van der Waals surface area contributed by atoms with Crippen LogP contribution < -0.4 is 0 Å². The highest BCUT2D eigenvalue weighted by molar-refractivity contribution is 5.84. The van der Waals surface area contributed by atoms with Crippen LogP contribution in [0, 0.1) is 65.1 Å². The molecule has 9 fully saturated rings. The minimum absolute atomic E-state index is 0.00895. The van der Waals surface area contributed by atoms with Crippen molar-refractivity contribution < 1.29 is 72.6 Å². The number of aliphatic hydroxyl groups excluding tert-OH is 2. The Morgan fingerprint density at radius 2 is 1.49 bits per heavy atom. The van der Waals surface area contributed by atoms with Crippen molar-refractivity contribution in [2.45, 2.75) is 269 Å². The summed E-state index contributed by atoms with van der Waals surface area (Å²) in [4.78, 5) is 41.5. The molecule has 0 aromatic rings. The van der Waals surface area contributed by atoms with Gasteiger partial charge in [0.15, 0.2) is 17.7 Å². The van der Waals surface area contributed by atoms with E-state index in [0.717, 1.165) is 25.7 Å². The van der Waals surface area contributed by atoms with Crippen molar-refractivity contribution in [2.75, 3.05) is 0 Å². The average molecular weight is 1020 g/mol. The Morgan fingerprint density at radius 1 is 0.764 bits per heavy atom. The lowest BCUT2D eigenvalue weighted by atomic mass is 9.58. The Kier molecular flexibility index (Phi) is 15.6. The van der Waals surface area contributed by atoms with Gasteiger partial charge in [0.05, 0.1) is 53.7 Å². The summed E-state index contributed by atoms with van der Waals surface area (Å²) in [6, 6.07) is 0. The van der Waals surface area contributed by atoms with Gasteiger partial charge in [-0.05, 0) is 134 Å². The lowest BCUT2D eigenvalue weighted by Gasteiger charge is -2.60. The molecule has 15 heteroatoms. The van der Waals surface area contributed by atoms with Gasteiger partial charge in [0.1, 0.15) is 11.9 Å². The van der Waals surface area contributed by atoms with E-state index in [1.165, 1.54) is 0 Å². The van der Waals surface area contributed by atoms with Crippen LogP contribution >= 0.6 is 0 Å². The second kappa shape index (κ2) is 20.3. The van der Waals surface area contributed by atoms with Gasteiger partial charge in [-0.2, -0.15) is 0 Å². The van der Waals surface area contributed by atoms with Crippen LogP contribution in [0.4, 0.5) is 0 Å². The summed E-state index contributed by atoms with van der Waals surface area (Å²) in [6.07, 6.45) is 7.34. The van der Waals surface area contributed by atoms with Crippen molar-refractivity contribution >= 4 is 11.8 Å². The molecular formula is C57H92O15. The van der Waals surface area contributed by atoms with Gasteiger partial charge in [-0.3, -0.25) is 9.59 Å². The van der Waals surface area contributed by atoms with Crippen molar-refractivity contribution in [3.63, 3.8) is 0 Å². The fourth-order valence-electron chi connectivity index (χ4n) is 15.7. The standard InChI is InChI=1S/C57H92O15/c1-14-38(49(61)65-50-34(8)41-19-17-30(4)40-21-24-53(13)68-51(66-50)57(40,41)72-71-53)42-20-18-31(5)47(64-42)36(10)45(59)35(9)46(60)39(15-2)48-32(6)29-33(7)55(67-48)26-22-43(58)56(70-55)28-27-52(12,69-56)44-23-25-54(62,16-3)37(11)63-44/h22,26,30-45,47-48,50-51,58-59,62H,14-21,23-25,27-29H2,1-13H3/t30-,31+,32+,33-,34-,35+,36+,37+,38-,39+,40+,41+,42-,43-,44-,45-,47-,48+,50?,51-,52+,53?,54-,55+,56+,57-/m1/s1. The van der Waals surface area contributed by atoms with Crippen LogP contribution in [0.25, 0.3) is 0 Å². The van der Waals surface area contributed by atoms with Crippen LogP contribution in [-0.2, 0) is 57.3 Å². The van der Waals surface area contributed by atoms with Gasteiger partial charge in [0.2, 0.25) is 17.9 Å². The van der Waals surface area contributed by atoms with Crippen LogP contribution in [0.1, 0.15) is 180 Å². The Morgan fingerprint density at radius 3 is 2.18 bits per heavy atom. The first-order valence-electron chi connectivity index (χ1n) is 28.5. The monoisotopic (exact) mass is 1020 g/mol. The number of ketones is 1. The maximum Gasteiger partial charge on any atom is 0.313 e. The Balaban J connectivity index is 0.847. The lowest BCUT2D eigenvalue weighted by molar-refractivity contribution is -0.576. The molecule has 0 amide bonds. The minimum atomic E-state index is -1.39. The second-order valence-electron chi connectivity index (χ2n) is 25.3. The molecule has 0 radical (unpaired) electrons. The fraction of sp³-hybridized carbons (Fsp3) is 0.930. The molecule has 0 aromatic carbocycles. The predicted octanol–water partition coefficient (Wildman–Crippen LogP) is 8.85. The number of carbonyl (C=O) groups excluding carboxylic acids is 2. The summed E-state index contributed by atoms with van der Waals surface area (Å²) in [5.74, 6) is -5.92. The molecule has 1 saturated carbocycles. The molecule has 2 bridgehead atoms. The summed E-state index contributed by atoms with van der Waals surface area (Å²) in [5, 5.41) is 34.9. The number of hydrogen-bond acceptors (Lipinski definition) is 15. The smallest absolute Gasteiger partial charge is 0.313 e. The molecule has 10 aliphatic rings. The lowest BCUT2D eigenvalue weighted by Crippen LogP contribution is -2.70. The molecule has 72 heavy (non-hydrogen) atoms. The summed E-state index contributed by atoms with van der Waals surface area (Å²) >= 11 is 0. The molecule has 3 spiro atoms. The normalized spacial score (nSPS) is 51.2. The average Bonchev–Trinajstić information content (AvgIpc) is 3.53. The van der Waals surface area contributed by atoms with Crippen LogP contribution in [0.3, 0.4) is 0 Å². The topological polar surface area (TPSA) is 187 Å². The van der Waals surface area contributed by atoms with E-state index in [0.29, 0.717) is 70.1 Å². The van der Waals surface area contributed by atoms with Crippen molar-refractivity contribution in [1.82, 2.24) is 0 Å². The van der Waals surface area contributed by atoms with Gasteiger partial charge in [-0.15, -0.1) is 0 Å². The number of carbonyl (C=O) groups is 2. The van der Waals surface area contributed by atoms with E-state index in [1.54, 1.807) is 6.08 Å². The van der Waals surface area contributed by atoms with Crippen LogP contribution in [0.2, 0.25) is 0 Å². The summed E-state index contributed by atoms with van der Waals surface area (Å²) in [7, 11) is 0. The number of aliphatic hydroxyl groups is 3. The molecule has 1 aliphatic carbocycles. The van der Waals surface area contributed by atoms with Gasteiger partial charge in [-0.25, -0.2) is 9.78 Å². The largest absolute Gasteiger partial charge is 0.435 e. The zero-order chi connectivity index (χ0) is 52.1. The third-order valence-corrected chi connectivity index (χ3v) is 20.8.